The fraction of sp³-hybridized carbons (Fsp3) is 0.286. The Morgan fingerprint density at radius 1 is 0.860 bits per heavy atom. The van der Waals surface area contributed by atoms with Crippen molar-refractivity contribution in [2.24, 2.45) is 9.50 Å². The molecule has 0 aromatic heterocycles. The van der Waals surface area contributed by atoms with Crippen LogP contribution in [-0.2, 0) is 23.1 Å². The van der Waals surface area contributed by atoms with E-state index in [2.05, 4.69) is 49.5 Å². The van der Waals surface area contributed by atoms with Crippen LogP contribution in [0.25, 0.3) is 11.1 Å². The molecule has 3 N–H and O–H groups in total. The number of benzene rings is 4. The highest BCUT2D eigenvalue weighted by atomic mass is 32.2. The van der Waals surface area contributed by atoms with Crippen LogP contribution in [0.4, 0.5) is 10.5 Å². The third-order valence-electron chi connectivity index (χ3n) is 7.09. The number of hydrogen-bond acceptors (Lipinski definition) is 4. The number of para-hydroxylation sites is 1. The van der Waals surface area contributed by atoms with E-state index >= 15 is 0 Å². The zero-order chi connectivity index (χ0) is 31.1. The first kappa shape index (κ1) is 31.9. The Labute approximate surface area is 256 Å². The summed E-state index contributed by atoms with van der Waals surface area (Å²) in [7, 11) is 0.503. The lowest BCUT2D eigenvalue weighted by atomic mass is 9.88. The van der Waals surface area contributed by atoms with Gasteiger partial charge in [0.15, 0.2) is 0 Å². The maximum atomic E-state index is 13.3. The van der Waals surface area contributed by atoms with Gasteiger partial charge in [0, 0.05) is 17.8 Å². The number of anilines is 1. The lowest BCUT2D eigenvalue weighted by Gasteiger charge is -2.22. The van der Waals surface area contributed by atoms with Crippen molar-refractivity contribution in [3.63, 3.8) is 0 Å². The Morgan fingerprint density at radius 2 is 1.44 bits per heavy atom. The van der Waals surface area contributed by atoms with Crippen molar-refractivity contribution >= 4 is 21.6 Å². The van der Waals surface area contributed by atoms with Gasteiger partial charge < -0.3 is 15.0 Å². The van der Waals surface area contributed by atoms with Crippen LogP contribution in [0.5, 0.6) is 5.75 Å². The zero-order valence-corrected chi connectivity index (χ0v) is 26.7. The Kier molecular flexibility index (Phi) is 10.4. The third kappa shape index (κ3) is 8.32. The number of nitrogens with zero attached hydrogens (tertiary/aromatic N) is 2. The molecule has 4 aromatic rings. The maximum Gasteiger partial charge on any atom is 0.354 e. The van der Waals surface area contributed by atoms with Crippen molar-refractivity contribution in [1.82, 2.24) is 4.90 Å². The van der Waals surface area contributed by atoms with Crippen LogP contribution in [0.15, 0.2) is 100 Å². The zero-order valence-electron chi connectivity index (χ0n) is 25.8. The van der Waals surface area contributed by atoms with Gasteiger partial charge in [-0.3, -0.25) is 0 Å². The van der Waals surface area contributed by atoms with Crippen molar-refractivity contribution in [2.75, 3.05) is 19.4 Å². The molecule has 0 bridgehead atoms. The topological polar surface area (TPSA) is 97.0 Å². The van der Waals surface area contributed by atoms with E-state index in [-0.39, 0.29) is 11.8 Å². The average Bonchev–Trinajstić information content (AvgIpc) is 2.96. The summed E-state index contributed by atoms with van der Waals surface area (Å²) in [4.78, 5) is 15.6. The van der Waals surface area contributed by atoms with Gasteiger partial charge in [0.1, 0.15) is 22.3 Å². The SMILES string of the molecule is CC(C)c1cc(-c2ccccc2OCc2ccccc2)cc(C(C)C)c1NC(=O)N=S(N)(=O)c1ccc(CN(C)C)cc1. The molecule has 0 aliphatic heterocycles. The molecule has 0 saturated carbocycles. The highest BCUT2D eigenvalue weighted by molar-refractivity contribution is 7.91. The number of carbonyl (C=O) groups is 1. The summed E-state index contributed by atoms with van der Waals surface area (Å²) in [5, 5.41) is 9.05. The minimum atomic E-state index is -3.44. The first-order valence-corrected chi connectivity index (χ1v) is 16.1. The van der Waals surface area contributed by atoms with Crippen LogP contribution in [-0.4, -0.2) is 29.2 Å². The van der Waals surface area contributed by atoms with E-state index in [1.54, 1.807) is 12.1 Å². The van der Waals surface area contributed by atoms with Gasteiger partial charge in [0.25, 0.3) is 0 Å². The molecule has 0 fully saturated rings. The molecule has 43 heavy (non-hydrogen) atoms. The van der Waals surface area contributed by atoms with Crippen LogP contribution >= 0.6 is 0 Å². The van der Waals surface area contributed by atoms with E-state index in [0.717, 1.165) is 45.7 Å². The van der Waals surface area contributed by atoms with Crippen molar-refractivity contribution < 1.29 is 13.7 Å². The molecule has 2 amide bonds. The number of urea groups is 1. The van der Waals surface area contributed by atoms with E-state index in [1.807, 2.05) is 85.7 Å². The number of rotatable bonds is 10. The summed E-state index contributed by atoms with van der Waals surface area (Å²) < 4.78 is 23.5. The quantitative estimate of drug-likeness (QED) is 0.192. The van der Waals surface area contributed by atoms with E-state index in [9.17, 15) is 9.00 Å². The lowest BCUT2D eigenvalue weighted by molar-refractivity contribution is 0.260. The molecule has 1 atom stereocenters. The van der Waals surface area contributed by atoms with Gasteiger partial charge in [0.05, 0.1) is 4.90 Å². The molecule has 7 nitrogen and oxygen atoms in total. The van der Waals surface area contributed by atoms with Crippen LogP contribution < -0.4 is 15.2 Å². The second-order valence-electron chi connectivity index (χ2n) is 11.6. The fourth-order valence-electron chi connectivity index (χ4n) is 4.93. The Hall–Kier alpha value is -3.98. The molecular weight excluding hydrogens is 556 g/mol. The predicted molar refractivity (Wildman–Crippen MR) is 177 cm³/mol. The van der Waals surface area contributed by atoms with Crippen LogP contribution in [0, 0.1) is 0 Å². The molecule has 4 aromatic carbocycles. The normalized spacial score (nSPS) is 12.8. The van der Waals surface area contributed by atoms with Gasteiger partial charge in [-0.05, 0) is 84.1 Å². The fourth-order valence-corrected chi connectivity index (χ4v) is 5.85. The van der Waals surface area contributed by atoms with Crippen molar-refractivity contribution in [3.8, 4) is 16.9 Å². The van der Waals surface area contributed by atoms with Crippen molar-refractivity contribution in [1.29, 1.82) is 0 Å². The molecule has 226 valence electrons. The second-order valence-corrected chi connectivity index (χ2v) is 13.4. The van der Waals surface area contributed by atoms with Gasteiger partial charge >= 0.3 is 6.03 Å². The van der Waals surface area contributed by atoms with Gasteiger partial charge in [0.2, 0.25) is 0 Å². The van der Waals surface area contributed by atoms with Crippen LogP contribution in [0.2, 0.25) is 0 Å². The Bertz CT molecular complexity index is 1640. The summed E-state index contributed by atoms with van der Waals surface area (Å²) in [6, 6.07) is 28.5. The van der Waals surface area contributed by atoms with Crippen LogP contribution in [0.3, 0.4) is 0 Å². The average molecular weight is 599 g/mol. The number of amides is 2. The third-order valence-corrected chi connectivity index (χ3v) is 8.47. The minimum Gasteiger partial charge on any atom is -0.488 e. The summed E-state index contributed by atoms with van der Waals surface area (Å²) >= 11 is 0. The molecule has 4 rings (SSSR count). The molecule has 0 aliphatic carbocycles. The van der Waals surface area contributed by atoms with E-state index in [4.69, 9.17) is 9.88 Å². The predicted octanol–water partition coefficient (Wildman–Crippen LogP) is 8.17. The van der Waals surface area contributed by atoms with E-state index in [1.165, 1.54) is 0 Å². The van der Waals surface area contributed by atoms with E-state index < -0.39 is 15.9 Å². The second kappa shape index (κ2) is 14.0. The van der Waals surface area contributed by atoms with Gasteiger partial charge in [-0.25, -0.2) is 14.1 Å². The van der Waals surface area contributed by atoms with Crippen LogP contribution in [0.1, 0.15) is 61.8 Å². The summed E-state index contributed by atoms with van der Waals surface area (Å²) in [6.07, 6.45) is 0. The number of ether oxygens (including phenoxy) is 1. The molecule has 0 aliphatic rings. The van der Waals surface area contributed by atoms with Crippen molar-refractivity contribution in [3.05, 3.63) is 113 Å². The Balaban J connectivity index is 1.68. The van der Waals surface area contributed by atoms with Crippen molar-refractivity contribution in [2.45, 2.75) is 57.6 Å². The highest BCUT2D eigenvalue weighted by Crippen LogP contribution is 2.40. The molecule has 0 heterocycles. The monoisotopic (exact) mass is 598 g/mol. The first-order chi connectivity index (χ1) is 20.4. The number of carbonyl (C=O) groups excluding carboxylic acids is 1. The largest absolute Gasteiger partial charge is 0.488 e. The maximum absolute atomic E-state index is 13.3. The molecule has 1 unspecified atom stereocenters. The molecule has 0 radical (unpaired) electrons. The Morgan fingerprint density at radius 3 is 2.02 bits per heavy atom. The number of nitrogens with one attached hydrogen (secondary N) is 1. The standard InChI is InChI=1S/C35H42N4O3S/c1-24(2)31-20-28(30-14-10-11-15-33(30)42-23-27-12-8-7-9-13-27)21-32(25(3)4)34(31)37-35(40)38-43(36,41)29-18-16-26(17-19-29)22-39(5)6/h7-21,24-25H,22-23H2,1-6H3,(H3,36,37,38,40,41). The smallest absolute Gasteiger partial charge is 0.354 e. The van der Waals surface area contributed by atoms with Gasteiger partial charge in [-0.2, -0.15) is 0 Å². The molecule has 0 saturated heterocycles. The van der Waals surface area contributed by atoms with E-state index in [0.29, 0.717) is 17.2 Å². The first-order valence-electron chi connectivity index (χ1n) is 14.5. The van der Waals surface area contributed by atoms with Gasteiger partial charge in [-0.1, -0.05) is 88.4 Å². The highest BCUT2D eigenvalue weighted by Gasteiger charge is 2.21. The summed E-state index contributed by atoms with van der Waals surface area (Å²) in [6.45, 7) is 9.51. The molecule has 8 heteroatoms. The summed E-state index contributed by atoms with van der Waals surface area (Å²) in [5.74, 6) is 0.940. The molecular formula is C35H42N4O3S. The molecule has 0 spiro atoms. The van der Waals surface area contributed by atoms with Gasteiger partial charge in [-0.15, -0.1) is 4.36 Å². The summed E-state index contributed by atoms with van der Waals surface area (Å²) in [5.41, 5.74) is 6.65. The number of nitrogens with two attached hydrogens (primary N) is 1. The lowest BCUT2D eigenvalue weighted by Crippen LogP contribution is -2.19. The minimum absolute atomic E-state index is 0.0802. The number of hydrogen-bond donors (Lipinski definition) is 2.